The van der Waals surface area contributed by atoms with E-state index in [1.165, 1.54) is 0 Å². The standard InChI is InChI=1S/C11H22N2O2S/c1-9(14)2-7-13-11(15)8-16-10-3-5-12-6-4-10/h9-10,12,14H,2-8H2,1H3,(H,13,15). The van der Waals surface area contributed by atoms with Crippen LogP contribution in [-0.4, -0.2) is 47.8 Å². The summed E-state index contributed by atoms with van der Waals surface area (Å²) in [5.41, 5.74) is 0. The lowest BCUT2D eigenvalue weighted by Crippen LogP contribution is -2.32. The minimum absolute atomic E-state index is 0.0872. The molecule has 1 heterocycles. The van der Waals surface area contributed by atoms with Crippen molar-refractivity contribution in [2.45, 2.75) is 37.5 Å². The molecule has 1 saturated heterocycles. The first-order valence-corrected chi connectivity index (χ1v) is 7.00. The summed E-state index contributed by atoms with van der Waals surface area (Å²) >= 11 is 1.75. The Morgan fingerprint density at radius 1 is 1.56 bits per heavy atom. The van der Waals surface area contributed by atoms with Gasteiger partial charge in [-0.3, -0.25) is 4.79 Å². The highest BCUT2D eigenvalue weighted by molar-refractivity contribution is 8.00. The molecule has 0 spiro atoms. The first-order valence-electron chi connectivity index (χ1n) is 5.95. The molecule has 1 rings (SSSR count). The maximum absolute atomic E-state index is 11.4. The first kappa shape index (κ1) is 13.8. The van der Waals surface area contributed by atoms with E-state index in [1.54, 1.807) is 18.7 Å². The molecule has 1 amide bonds. The van der Waals surface area contributed by atoms with Crippen molar-refractivity contribution >= 4 is 17.7 Å². The van der Waals surface area contributed by atoms with Crippen LogP contribution in [0.4, 0.5) is 0 Å². The predicted molar refractivity (Wildman–Crippen MR) is 67.7 cm³/mol. The fraction of sp³-hybridized carbons (Fsp3) is 0.909. The number of aliphatic hydroxyl groups excluding tert-OH is 1. The van der Waals surface area contributed by atoms with Crippen LogP contribution in [0.2, 0.25) is 0 Å². The van der Waals surface area contributed by atoms with Gasteiger partial charge in [0, 0.05) is 11.8 Å². The van der Waals surface area contributed by atoms with E-state index in [2.05, 4.69) is 10.6 Å². The van der Waals surface area contributed by atoms with Gasteiger partial charge in [0.15, 0.2) is 0 Å². The molecule has 0 aliphatic carbocycles. The van der Waals surface area contributed by atoms with Crippen molar-refractivity contribution in [2.75, 3.05) is 25.4 Å². The van der Waals surface area contributed by atoms with Crippen LogP contribution >= 0.6 is 11.8 Å². The lowest BCUT2D eigenvalue weighted by molar-refractivity contribution is -0.118. The quantitative estimate of drug-likeness (QED) is 0.633. The summed E-state index contributed by atoms with van der Waals surface area (Å²) in [7, 11) is 0. The Hall–Kier alpha value is -0.260. The van der Waals surface area contributed by atoms with Crippen molar-refractivity contribution < 1.29 is 9.90 Å². The topological polar surface area (TPSA) is 61.4 Å². The van der Waals surface area contributed by atoms with E-state index < -0.39 is 0 Å². The van der Waals surface area contributed by atoms with Crippen molar-refractivity contribution in [3.63, 3.8) is 0 Å². The van der Waals surface area contributed by atoms with Gasteiger partial charge in [-0.2, -0.15) is 0 Å². The maximum Gasteiger partial charge on any atom is 0.230 e. The lowest BCUT2D eigenvalue weighted by Gasteiger charge is -2.21. The van der Waals surface area contributed by atoms with Crippen LogP contribution in [0.3, 0.4) is 0 Å². The summed E-state index contributed by atoms with van der Waals surface area (Å²) in [5.74, 6) is 0.633. The lowest BCUT2D eigenvalue weighted by atomic mass is 10.2. The molecule has 1 aliphatic heterocycles. The van der Waals surface area contributed by atoms with Gasteiger partial charge in [0.25, 0.3) is 0 Å². The third-order valence-corrected chi connectivity index (χ3v) is 3.99. The zero-order valence-electron chi connectivity index (χ0n) is 9.87. The number of rotatable bonds is 6. The molecule has 0 aromatic heterocycles. The third kappa shape index (κ3) is 6.35. The molecule has 5 heteroatoms. The highest BCUT2D eigenvalue weighted by Crippen LogP contribution is 2.19. The van der Waals surface area contributed by atoms with Crippen LogP contribution in [0.15, 0.2) is 0 Å². The second-order valence-corrected chi connectivity index (χ2v) is 5.54. The number of nitrogens with one attached hydrogen (secondary N) is 2. The zero-order valence-corrected chi connectivity index (χ0v) is 10.7. The number of hydrogen-bond acceptors (Lipinski definition) is 4. The van der Waals surface area contributed by atoms with Crippen LogP contribution in [0.5, 0.6) is 0 Å². The van der Waals surface area contributed by atoms with E-state index in [1.807, 2.05) is 0 Å². The van der Waals surface area contributed by atoms with E-state index in [9.17, 15) is 4.79 Å². The van der Waals surface area contributed by atoms with Crippen molar-refractivity contribution in [1.82, 2.24) is 10.6 Å². The molecule has 1 atom stereocenters. The first-order chi connectivity index (χ1) is 7.68. The number of aliphatic hydroxyl groups is 1. The molecule has 0 bridgehead atoms. The summed E-state index contributed by atoms with van der Waals surface area (Å²) < 4.78 is 0. The minimum atomic E-state index is -0.336. The smallest absolute Gasteiger partial charge is 0.230 e. The summed E-state index contributed by atoms with van der Waals surface area (Å²) in [6, 6.07) is 0. The number of hydrogen-bond donors (Lipinski definition) is 3. The Labute approximate surface area is 102 Å². The molecule has 4 nitrogen and oxygen atoms in total. The molecule has 1 fully saturated rings. The van der Waals surface area contributed by atoms with Crippen molar-refractivity contribution in [3.8, 4) is 0 Å². The Balaban J connectivity index is 2.00. The van der Waals surface area contributed by atoms with E-state index in [0.717, 1.165) is 25.9 Å². The Bertz CT molecular complexity index is 206. The van der Waals surface area contributed by atoms with Crippen molar-refractivity contribution in [2.24, 2.45) is 0 Å². The fourth-order valence-electron chi connectivity index (χ4n) is 1.63. The van der Waals surface area contributed by atoms with Crippen LogP contribution in [-0.2, 0) is 4.79 Å². The summed E-state index contributed by atoms with van der Waals surface area (Å²) in [6.45, 7) is 4.45. The largest absolute Gasteiger partial charge is 0.393 e. The third-order valence-electron chi connectivity index (χ3n) is 2.62. The number of carbonyl (C=O) groups excluding carboxylic acids is 1. The minimum Gasteiger partial charge on any atom is -0.393 e. The van der Waals surface area contributed by atoms with Gasteiger partial charge in [-0.15, -0.1) is 11.8 Å². The van der Waals surface area contributed by atoms with E-state index in [-0.39, 0.29) is 12.0 Å². The van der Waals surface area contributed by atoms with Crippen LogP contribution < -0.4 is 10.6 Å². The van der Waals surface area contributed by atoms with Crippen LogP contribution in [0.25, 0.3) is 0 Å². The summed E-state index contributed by atoms with van der Waals surface area (Å²) in [6.07, 6.45) is 2.61. The zero-order chi connectivity index (χ0) is 11.8. The van der Waals surface area contributed by atoms with E-state index in [0.29, 0.717) is 24.0 Å². The van der Waals surface area contributed by atoms with E-state index in [4.69, 9.17) is 5.11 Å². The molecule has 0 aromatic carbocycles. The molecule has 1 aliphatic rings. The Morgan fingerprint density at radius 3 is 2.88 bits per heavy atom. The van der Waals surface area contributed by atoms with Gasteiger partial charge in [0.2, 0.25) is 5.91 Å². The average molecular weight is 246 g/mol. The molecular formula is C11H22N2O2S. The predicted octanol–water partition coefficient (Wildman–Crippen LogP) is 0.359. The highest BCUT2D eigenvalue weighted by atomic mass is 32.2. The number of piperidine rings is 1. The van der Waals surface area contributed by atoms with Crippen LogP contribution in [0.1, 0.15) is 26.2 Å². The fourth-order valence-corrected chi connectivity index (χ4v) is 2.69. The Morgan fingerprint density at radius 2 is 2.25 bits per heavy atom. The summed E-state index contributed by atoms with van der Waals surface area (Å²) in [4.78, 5) is 11.4. The molecule has 0 saturated carbocycles. The molecule has 0 aromatic rings. The molecule has 3 N–H and O–H groups in total. The number of amides is 1. The SMILES string of the molecule is CC(O)CCNC(=O)CSC1CCNCC1. The van der Waals surface area contributed by atoms with Crippen molar-refractivity contribution in [3.05, 3.63) is 0 Å². The average Bonchev–Trinajstić information content (AvgIpc) is 2.27. The summed E-state index contributed by atoms with van der Waals surface area (Å²) in [5, 5.41) is 15.8. The van der Waals surface area contributed by atoms with Gasteiger partial charge in [0.05, 0.1) is 11.9 Å². The van der Waals surface area contributed by atoms with Gasteiger partial charge >= 0.3 is 0 Å². The second-order valence-electron chi connectivity index (χ2n) is 4.25. The highest BCUT2D eigenvalue weighted by Gasteiger charge is 2.14. The van der Waals surface area contributed by atoms with Gasteiger partial charge in [-0.1, -0.05) is 0 Å². The number of thioether (sulfide) groups is 1. The van der Waals surface area contributed by atoms with Crippen LogP contribution in [0, 0.1) is 0 Å². The van der Waals surface area contributed by atoms with E-state index >= 15 is 0 Å². The molecule has 94 valence electrons. The monoisotopic (exact) mass is 246 g/mol. The molecule has 1 unspecified atom stereocenters. The van der Waals surface area contributed by atoms with Gasteiger partial charge in [-0.05, 0) is 39.3 Å². The molecule has 16 heavy (non-hydrogen) atoms. The van der Waals surface area contributed by atoms with Gasteiger partial charge < -0.3 is 15.7 Å². The van der Waals surface area contributed by atoms with Crippen molar-refractivity contribution in [1.29, 1.82) is 0 Å². The Kier molecular flexibility index (Phi) is 6.84. The molecular weight excluding hydrogens is 224 g/mol. The normalized spacial score (nSPS) is 19.4. The molecule has 0 radical (unpaired) electrons. The maximum atomic E-state index is 11.4. The second kappa shape index (κ2) is 7.92. The number of carbonyl (C=O) groups is 1. The van der Waals surface area contributed by atoms with Gasteiger partial charge in [-0.25, -0.2) is 0 Å². The van der Waals surface area contributed by atoms with Gasteiger partial charge in [0.1, 0.15) is 0 Å².